The fourth-order valence-corrected chi connectivity index (χ4v) is 2.47. The highest BCUT2D eigenvalue weighted by molar-refractivity contribution is 7.92. The van der Waals surface area contributed by atoms with E-state index in [9.17, 15) is 17.6 Å². The first-order chi connectivity index (χ1) is 12.2. The maximum atomic E-state index is 12.7. The van der Waals surface area contributed by atoms with Gasteiger partial charge in [-0.25, -0.2) is 22.6 Å². The number of carbonyl (C=O) groups is 1. The van der Waals surface area contributed by atoms with E-state index in [1.807, 2.05) is 0 Å². The van der Waals surface area contributed by atoms with E-state index in [2.05, 4.69) is 5.10 Å². The number of sulfonamides is 1. The summed E-state index contributed by atoms with van der Waals surface area (Å²) in [5, 5.41) is 9.82. The minimum atomic E-state index is -3.76. The van der Waals surface area contributed by atoms with Gasteiger partial charge >= 0.3 is 0 Å². The van der Waals surface area contributed by atoms with Crippen LogP contribution >= 0.6 is 0 Å². The fraction of sp³-hybridized carbons (Fsp3) is 0.176. The third kappa shape index (κ3) is 5.11. The van der Waals surface area contributed by atoms with E-state index < -0.39 is 16.7 Å². The van der Waals surface area contributed by atoms with Crippen molar-refractivity contribution in [1.82, 2.24) is 9.78 Å². The number of carbonyl (C=O) groups excluding carboxylic acids is 1. The molecule has 0 aliphatic rings. The summed E-state index contributed by atoms with van der Waals surface area (Å²) in [5.74, 6) is -0.186. The molecule has 1 aromatic heterocycles. The Morgan fingerprint density at radius 2 is 2.12 bits per heavy atom. The Bertz CT molecular complexity index is 978. The molecule has 0 aliphatic carbocycles. The first-order valence-corrected chi connectivity index (χ1v) is 9.20. The summed E-state index contributed by atoms with van der Waals surface area (Å²) in [4.78, 5) is 12.7. The van der Waals surface area contributed by atoms with Crippen molar-refractivity contribution in [1.29, 1.82) is 0 Å². The molecule has 7 nitrogen and oxygen atoms in total. The second-order valence-electron chi connectivity index (χ2n) is 5.66. The molecule has 2 aromatic rings. The largest absolute Gasteiger partial charge is 0.383 e. The van der Waals surface area contributed by atoms with Crippen LogP contribution in [0.25, 0.3) is 6.08 Å². The number of allylic oxidation sites excluding steroid dienone is 2. The molecule has 26 heavy (non-hydrogen) atoms. The van der Waals surface area contributed by atoms with Crippen molar-refractivity contribution in [2.24, 2.45) is 5.14 Å². The average molecular weight is 378 g/mol. The van der Waals surface area contributed by atoms with E-state index in [-0.39, 0.29) is 23.7 Å². The van der Waals surface area contributed by atoms with Crippen molar-refractivity contribution in [2.45, 2.75) is 13.5 Å². The van der Waals surface area contributed by atoms with E-state index in [1.54, 1.807) is 31.2 Å². The summed E-state index contributed by atoms with van der Waals surface area (Å²) in [7, 11) is -3.76. The molecule has 0 atom stereocenters. The highest BCUT2D eigenvalue weighted by Crippen LogP contribution is 2.18. The van der Waals surface area contributed by atoms with Crippen LogP contribution in [0.5, 0.6) is 0 Å². The molecule has 0 amide bonds. The lowest BCUT2D eigenvalue weighted by Gasteiger charge is -2.04. The van der Waals surface area contributed by atoms with Crippen molar-refractivity contribution in [3.63, 3.8) is 0 Å². The van der Waals surface area contributed by atoms with Crippen molar-refractivity contribution in [3.8, 4) is 0 Å². The number of hydrogen-bond acceptors (Lipinski definition) is 5. The lowest BCUT2D eigenvalue weighted by atomic mass is 10.0. The van der Waals surface area contributed by atoms with Crippen molar-refractivity contribution < 1.29 is 17.6 Å². The zero-order valence-electron chi connectivity index (χ0n) is 14.1. The number of nitrogens with two attached hydrogens (primary N) is 2. The summed E-state index contributed by atoms with van der Waals surface area (Å²) in [6.07, 6.45) is 4.28. The quantitative estimate of drug-likeness (QED) is 0.563. The summed E-state index contributed by atoms with van der Waals surface area (Å²) >= 11 is 0. The molecule has 1 heterocycles. The summed E-state index contributed by atoms with van der Waals surface area (Å²) in [6.45, 7) is 1.34. The Morgan fingerprint density at radius 3 is 2.77 bits per heavy atom. The van der Waals surface area contributed by atoms with Crippen LogP contribution in [0.15, 0.2) is 47.5 Å². The Labute approximate surface area is 150 Å². The molecule has 0 bridgehead atoms. The Kier molecular flexibility index (Phi) is 6.06. The van der Waals surface area contributed by atoms with Crippen LogP contribution in [0.4, 0.5) is 10.2 Å². The van der Waals surface area contributed by atoms with Gasteiger partial charge in [0.1, 0.15) is 12.5 Å². The molecule has 4 N–H and O–H groups in total. The highest BCUT2D eigenvalue weighted by atomic mass is 32.2. The lowest BCUT2D eigenvalue weighted by Crippen LogP contribution is -2.08. The molecule has 0 saturated carbocycles. The molecule has 138 valence electrons. The molecule has 0 spiro atoms. The molecular weight excluding hydrogens is 359 g/mol. The van der Waals surface area contributed by atoms with Gasteiger partial charge in [0.05, 0.1) is 18.3 Å². The maximum absolute atomic E-state index is 12.7. The Morgan fingerprint density at radius 1 is 1.38 bits per heavy atom. The Hall–Kier alpha value is -2.78. The van der Waals surface area contributed by atoms with Crippen molar-refractivity contribution >= 4 is 27.7 Å². The number of alkyl halides is 1. The smallest absolute Gasteiger partial charge is 0.231 e. The molecule has 0 aliphatic heterocycles. The summed E-state index contributed by atoms with van der Waals surface area (Å²) in [5.41, 5.74) is 7.55. The third-order valence-electron chi connectivity index (χ3n) is 3.55. The minimum Gasteiger partial charge on any atom is -0.383 e. The lowest BCUT2D eigenvalue weighted by molar-refractivity contribution is 0.103. The molecule has 0 radical (unpaired) electrons. The standard InChI is InChI=1S/C17H19FN4O3S/c1-12(10-18)5-7-22-17(19)15(11-21-22)16(23)14-4-2-3-13(9-14)6-8-26(20,24)25/h2-6,8-9,11H,7,10,19H2,1H3,(H2,20,24,25)/b8-6+,12-5+. The van der Waals surface area contributed by atoms with Crippen LogP contribution in [0.3, 0.4) is 0 Å². The molecule has 1 aromatic carbocycles. The highest BCUT2D eigenvalue weighted by Gasteiger charge is 2.16. The number of benzene rings is 1. The predicted octanol–water partition coefficient (Wildman–Crippen LogP) is 1.87. The SMILES string of the molecule is C/C(=C\Cn1ncc(C(=O)c2cccc(/C=C/S(N)(=O)=O)c2)c1N)CF. The van der Waals surface area contributed by atoms with E-state index >= 15 is 0 Å². The number of nitrogens with zero attached hydrogens (tertiary/aromatic N) is 2. The fourth-order valence-electron chi connectivity index (χ4n) is 2.12. The molecule has 0 fully saturated rings. The predicted molar refractivity (Wildman–Crippen MR) is 98.4 cm³/mol. The van der Waals surface area contributed by atoms with Gasteiger partial charge in [0, 0.05) is 11.0 Å². The van der Waals surface area contributed by atoms with Crippen molar-refractivity contribution in [3.05, 3.63) is 64.2 Å². The van der Waals surface area contributed by atoms with E-state index in [0.717, 1.165) is 5.41 Å². The number of ketones is 1. The molecule has 0 saturated heterocycles. The van der Waals surface area contributed by atoms with Gasteiger partial charge in [0.15, 0.2) is 5.78 Å². The van der Waals surface area contributed by atoms with Crippen LogP contribution in [0, 0.1) is 0 Å². The van der Waals surface area contributed by atoms with Crippen LogP contribution in [0.1, 0.15) is 28.4 Å². The number of primary sulfonamides is 1. The second kappa shape index (κ2) is 8.07. The second-order valence-corrected chi connectivity index (χ2v) is 7.11. The van der Waals surface area contributed by atoms with Crippen LogP contribution < -0.4 is 10.9 Å². The number of aromatic nitrogens is 2. The van der Waals surface area contributed by atoms with Crippen molar-refractivity contribution in [2.75, 3.05) is 12.4 Å². The number of nitrogen functional groups attached to an aromatic ring is 1. The Balaban J connectivity index is 2.27. The first kappa shape index (κ1) is 19.5. The third-order valence-corrected chi connectivity index (χ3v) is 4.06. The van der Waals surface area contributed by atoms with Crippen LogP contribution in [-0.2, 0) is 16.6 Å². The zero-order chi connectivity index (χ0) is 19.3. The van der Waals surface area contributed by atoms with E-state index in [4.69, 9.17) is 10.9 Å². The topological polar surface area (TPSA) is 121 Å². The van der Waals surface area contributed by atoms with Gasteiger partial charge < -0.3 is 5.73 Å². The molecule has 9 heteroatoms. The zero-order valence-corrected chi connectivity index (χ0v) is 14.9. The maximum Gasteiger partial charge on any atom is 0.231 e. The van der Waals surface area contributed by atoms with E-state index in [1.165, 1.54) is 23.0 Å². The summed E-state index contributed by atoms with van der Waals surface area (Å²) in [6, 6.07) is 6.36. The molecular formula is C17H19FN4O3S. The van der Waals surface area contributed by atoms with Gasteiger partial charge in [-0.1, -0.05) is 24.3 Å². The number of anilines is 1. The van der Waals surface area contributed by atoms with Gasteiger partial charge in [-0.3, -0.25) is 4.79 Å². The van der Waals surface area contributed by atoms with Gasteiger partial charge in [-0.15, -0.1) is 0 Å². The van der Waals surface area contributed by atoms with Gasteiger partial charge in [0.25, 0.3) is 0 Å². The number of rotatable bonds is 7. The number of hydrogen-bond donors (Lipinski definition) is 2. The number of halogens is 1. The van der Waals surface area contributed by atoms with Gasteiger partial charge in [-0.2, -0.15) is 5.10 Å². The molecule has 0 unspecified atom stereocenters. The van der Waals surface area contributed by atoms with Gasteiger partial charge in [0.2, 0.25) is 10.0 Å². The monoisotopic (exact) mass is 378 g/mol. The normalized spacial score (nSPS) is 12.7. The summed E-state index contributed by atoms with van der Waals surface area (Å²) < 4.78 is 35.9. The van der Waals surface area contributed by atoms with Gasteiger partial charge in [-0.05, 0) is 30.2 Å². The van der Waals surface area contributed by atoms with Crippen LogP contribution in [-0.4, -0.2) is 30.7 Å². The first-order valence-electron chi connectivity index (χ1n) is 7.60. The molecule has 2 rings (SSSR count). The minimum absolute atomic E-state index is 0.170. The van der Waals surface area contributed by atoms with E-state index in [0.29, 0.717) is 16.7 Å². The average Bonchev–Trinajstić information content (AvgIpc) is 2.97. The van der Waals surface area contributed by atoms with Crippen LogP contribution in [0.2, 0.25) is 0 Å².